The van der Waals surface area contributed by atoms with Crippen LogP contribution in [-0.4, -0.2) is 68.9 Å². The molecule has 1 saturated heterocycles. The molecule has 2 aliphatic carbocycles. The fourth-order valence-corrected chi connectivity index (χ4v) is 5.62. The van der Waals surface area contributed by atoms with Crippen LogP contribution in [0.15, 0.2) is 35.0 Å². The van der Waals surface area contributed by atoms with E-state index in [9.17, 15) is 4.79 Å². The van der Waals surface area contributed by atoms with Gasteiger partial charge in [0.2, 0.25) is 0 Å². The van der Waals surface area contributed by atoms with Crippen molar-refractivity contribution in [1.82, 2.24) is 30.0 Å². The van der Waals surface area contributed by atoms with Crippen molar-refractivity contribution in [2.75, 3.05) is 32.8 Å². The van der Waals surface area contributed by atoms with Crippen molar-refractivity contribution in [3.63, 3.8) is 0 Å². The molecule has 1 aliphatic heterocycles. The summed E-state index contributed by atoms with van der Waals surface area (Å²) in [6.45, 7) is 5.97. The van der Waals surface area contributed by atoms with Crippen molar-refractivity contribution in [1.29, 1.82) is 0 Å². The van der Waals surface area contributed by atoms with Crippen LogP contribution < -0.4 is 5.32 Å². The highest BCUT2D eigenvalue weighted by Gasteiger charge is 2.41. The fourth-order valence-electron chi connectivity index (χ4n) is 5.62. The first kappa shape index (κ1) is 22.4. The predicted molar refractivity (Wildman–Crippen MR) is 129 cm³/mol. The van der Waals surface area contributed by atoms with Crippen molar-refractivity contribution < 1.29 is 13.9 Å². The monoisotopic (exact) mass is 476 g/mol. The van der Waals surface area contributed by atoms with E-state index in [1.54, 1.807) is 17.1 Å². The summed E-state index contributed by atoms with van der Waals surface area (Å²) >= 11 is 0. The summed E-state index contributed by atoms with van der Waals surface area (Å²) in [6.07, 6.45) is 10.1. The maximum Gasteiger partial charge on any atom is 0.254 e. The zero-order valence-corrected chi connectivity index (χ0v) is 20.2. The molecule has 9 nitrogen and oxygen atoms in total. The Morgan fingerprint density at radius 1 is 1.17 bits per heavy atom. The van der Waals surface area contributed by atoms with Crippen molar-refractivity contribution >= 4 is 5.91 Å². The molecule has 3 aromatic rings. The van der Waals surface area contributed by atoms with Gasteiger partial charge in [-0.05, 0) is 50.8 Å². The zero-order chi connectivity index (χ0) is 23.8. The van der Waals surface area contributed by atoms with Gasteiger partial charge in [0.05, 0.1) is 30.7 Å². The molecule has 9 heteroatoms. The highest BCUT2D eigenvalue weighted by Crippen LogP contribution is 2.42. The van der Waals surface area contributed by atoms with Crippen molar-refractivity contribution in [3.05, 3.63) is 47.6 Å². The van der Waals surface area contributed by atoms with Crippen LogP contribution >= 0.6 is 0 Å². The van der Waals surface area contributed by atoms with E-state index in [2.05, 4.69) is 20.3 Å². The van der Waals surface area contributed by atoms with Crippen LogP contribution in [0.1, 0.15) is 66.3 Å². The molecular formula is C26H32N6O3. The molecule has 3 aromatic heterocycles. The topological polar surface area (TPSA) is 98.3 Å². The van der Waals surface area contributed by atoms with Crippen LogP contribution in [0.2, 0.25) is 0 Å². The molecule has 0 atom stereocenters. The number of aromatic nitrogens is 4. The number of amides is 1. The maximum atomic E-state index is 13.5. The second-order valence-electron chi connectivity index (χ2n) is 10.00. The molecule has 1 amide bonds. The van der Waals surface area contributed by atoms with Gasteiger partial charge in [0, 0.05) is 37.3 Å². The van der Waals surface area contributed by atoms with Gasteiger partial charge < -0.3 is 14.5 Å². The molecule has 0 unspecified atom stereocenters. The molecule has 6 rings (SSSR count). The zero-order valence-electron chi connectivity index (χ0n) is 20.2. The van der Waals surface area contributed by atoms with Crippen LogP contribution in [-0.2, 0) is 4.74 Å². The van der Waals surface area contributed by atoms with Gasteiger partial charge >= 0.3 is 0 Å². The van der Waals surface area contributed by atoms with Gasteiger partial charge in [-0.1, -0.05) is 12.8 Å². The number of hydrogen-bond donors (Lipinski definition) is 1. The summed E-state index contributed by atoms with van der Waals surface area (Å²) in [6, 6.07) is 5.64. The normalized spacial score (nSPS) is 20.3. The lowest BCUT2D eigenvalue weighted by atomic mass is 9.94. The highest BCUT2D eigenvalue weighted by molar-refractivity contribution is 5.95. The molecular weight excluding hydrogens is 444 g/mol. The van der Waals surface area contributed by atoms with Crippen LogP contribution in [0.25, 0.3) is 17.4 Å². The SMILES string of the molecule is Cc1ccc(-c2ccnc(-n3ncc(C(=O)NCC4(N5CCOCC5)CCCC4)c3C3CC3)n2)o1. The molecule has 1 N–H and O–H groups in total. The molecule has 3 aliphatic rings. The third kappa shape index (κ3) is 4.38. The quantitative estimate of drug-likeness (QED) is 0.557. The van der Waals surface area contributed by atoms with Gasteiger partial charge in [0.15, 0.2) is 5.76 Å². The number of nitrogens with zero attached hydrogens (tertiary/aromatic N) is 5. The molecule has 4 heterocycles. The molecule has 0 bridgehead atoms. The van der Waals surface area contributed by atoms with Crippen LogP contribution in [0.4, 0.5) is 0 Å². The third-order valence-electron chi connectivity index (χ3n) is 7.63. The van der Waals surface area contributed by atoms with Crippen LogP contribution in [0.3, 0.4) is 0 Å². The highest BCUT2D eigenvalue weighted by atomic mass is 16.5. The molecule has 0 aromatic carbocycles. The second-order valence-corrected chi connectivity index (χ2v) is 10.00. The smallest absolute Gasteiger partial charge is 0.254 e. The molecule has 35 heavy (non-hydrogen) atoms. The molecule has 2 saturated carbocycles. The third-order valence-corrected chi connectivity index (χ3v) is 7.63. The first-order valence-corrected chi connectivity index (χ1v) is 12.7. The second kappa shape index (κ2) is 9.20. The Hall–Kier alpha value is -3.04. The minimum absolute atomic E-state index is 0.0355. The summed E-state index contributed by atoms with van der Waals surface area (Å²) in [5, 5.41) is 7.85. The number of aryl methyl sites for hydroxylation is 1. The average molecular weight is 477 g/mol. The Morgan fingerprint density at radius 3 is 2.69 bits per heavy atom. The Bertz CT molecular complexity index is 1200. The predicted octanol–water partition coefficient (Wildman–Crippen LogP) is 3.48. The van der Waals surface area contributed by atoms with Gasteiger partial charge in [0.25, 0.3) is 11.9 Å². The number of ether oxygens (including phenoxy) is 1. The Morgan fingerprint density at radius 2 is 1.97 bits per heavy atom. The maximum absolute atomic E-state index is 13.5. The first-order chi connectivity index (χ1) is 17.1. The number of nitrogens with one attached hydrogen (secondary N) is 1. The van der Waals surface area contributed by atoms with E-state index < -0.39 is 0 Å². The molecule has 184 valence electrons. The van der Waals surface area contributed by atoms with E-state index in [0.717, 1.165) is 63.4 Å². The van der Waals surface area contributed by atoms with Crippen LogP contribution in [0.5, 0.6) is 0 Å². The lowest BCUT2D eigenvalue weighted by molar-refractivity contribution is -0.0199. The van der Waals surface area contributed by atoms with Crippen molar-refractivity contribution in [2.24, 2.45) is 0 Å². The Kier molecular flexibility index (Phi) is 5.89. The minimum Gasteiger partial charge on any atom is -0.460 e. The van der Waals surface area contributed by atoms with E-state index in [0.29, 0.717) is 35.4 Å². The summed E-state index contributed by atoms with van der Waals surface area (Å²) in [4.78, 5) is 25.1. The van der Waals surface area contributed by atoms with Gasteiger partial charge in [-0.25, -0.2) is 14.6 Å². The van der Waals surface area contributed by atoms with E-state index in [1.165, 1.54) is 12.8 Å². The molecule has 0 spiro atoms. The molecule has 0 radical (unpaired) electrons. The Labute approximate surface area is 204 Å². The van der Waals surface area contributed by atoms with E-state index in [4.69, 9.17) is 14.1 Å². The largest absolute Gasteiger partial charge is 0.460 e. The van der Waals surface area contributed by atoms with Crippen molar-refractivity contribution in [2.45, 2.75) is 56.9 Å². The summed E-state index contributed by atoms with van der Waals surface area (Å²) in [7, 11) is 0. The lowest BCUT2D eigenvalue weighted by Gasteiger charge is -2.43. The number of carbonyl (C=O) groups excluding carboxylic acids is 1. The van der Waals surface area contributed by atoms with Gasteiger partial charge in [-0.2, -0.15) is 5.10 Å². The summed E-state index contributed by atoms with van der Waals surface area (Å²) < 4.78 is 13.0. The number of hydrogen-bond acceptors (Lipinski definition) is 7. The van der Waals surface area contributed by atoms with E-state index in [1.807, 2.05) is 25.1 Å². The van der Waals surface area contributed by atoms with Gasteiger partial charge in [-0.15, -0.1) is 0 Å². The fraction of sp³-hybridized carbons (Fsp3) is 0.538. The van der Waals surface area contributed by atoms with Crippen molar-refractivity contribution in [3.8, 4) is 17.4 Å². The summed E-state index contributed by atoms with van der Waals surface area (Å²) in [5.41, 5.74) is 2.26. The first-order valence-electron chi connectivity index (χ1n) is 12.7. The van der Waals surface area contributed by atoms with E-state index >= 15 is 0 Å². The number of furan rings is 1. The number of rotatable bonds is 7. The lowest BCUT2D eigenvalue weighted by Crippen LogP contribution is -2.57. The number of carbonyl (C=O) groups is 1. The van der Waals surface area contributed by atoms with E-state index in [-0.39, 0.29) is 11.4 Å². The van der Waals surface area contributed by atoms with Gasteiger partial charge in [-0.3, -0.25) is 9.69 Å². The minimum atomic E-state index is -0.0597. The molecule has 3 fully saturated rings. The standard InChI is InChI=1S/C26H32N6O3/c1-18-4-7-22(35-18)21-8-11-27-25(30-21)32-23(19-5-6-19)20(16-29-32)24(33)28-17-26(9-2-3-10-26)31-12-14-34-15-13-31/h4,7-8,11,16,19H,2-3,5-6,9-10,12-15,17H2,1H3,(H,28,33). The Balaban J connectivity index is 1.25. The van der Waals surface area contributed by atoms with Crippen LogP contribution in [0, 0.1) is 6.92 Å². The average Bonchev–Trinajstić information content (AvgIpc) is 3.26. The van der Waals surface area contributed by atoms with Gasteiger partial charge in [0.1, 0.15) is 11.5 Å². The summed E-state index contributed by atoms with van der Waals surface area (Å²) in [5.74, 6) is 2.22. The number of morpholine rings is 1.